The molecular formula is C20H26O8. The maximum Gasteiger partial charge on any atom is 0.332 e. The fourth-order valence-electron chi connectivity index (χ4n) is 4.25. The number of hydrogen-bond acceptors (Lipinski definition) is 4. The fourth-order valence-corrected chi connectivity index (χ4v) is 4.25. The molecule has 0 radical (unpaired) electrons. The van der Waals surface area contributed by atoms with Crippen LogP contribution in [0.15, 0.2) is 22.8 Å². The maximum atomic E-state index is 12.0. The summed E-state index contributed by atoms with van der Waals surface area (Å²) in [6.45, 7) is 0. The Hall–Kier alpha value is -2.64. The number of aliphatic carboxylic acids is 4. The molecule has 8 heteroatoms. The van der Waals surface area contributed by atoms with Gasteiger partial charge in [-0.25, -0.2) is 4.79 Å². The molecule has 154 valence electrons. The van der Waals surface area contributed by atoms with Gasteiger partial charge in [0.2, 0.25) is 0 Å². The Kier molecular flexibility index (Phi) is 7.37. The zero-order valence-corrected chi connectivity index (χ0v) is 15.6. The van der Waals surface area contributed by atoms with Crippen molar-refractivity contribution in [1.82, 2.24) is 0 Å². The lowest BCUT2D eigenvalue weighted by Gasteiger charge is -2.29. The highest BCUT2D eigenvalue weighted by atomic mass is 16.4. The summed E-state index contributed by atoms with van der Waals surface area (Å²) in [4.78, 5) is 47.2. The molecule has 0 aromatic carbocycles. The summed E-state index contributed by atoms with van der Waals surface area (Å²) in [6.07, 6.45) is 6.62. The molecule has 2 aliphatic carbocycles. The third-order valence-corrected chi connectivity index (χ3v) is 5.70. The van der Waals surface area contributed by atoms with Gasteiger partial charge in [0.15, 0.2) is 0 Å². The van der Waals surface area contributed by atoms with Crippen LogP contribution in [0, 0.1) is 17.8 Å². The van der Waals surface area contributed by atoms with Crippen LogP contribution in [0.3, 0.4) is 0 Å². The summed E-state index contributed by atoms with van der Waals surface area (Å²) in [5, 5.41) is 38.4. The molecular weight excluding hydrogens is 368 g/mol. The van der Waals surface area contributed by atoms with Crippen LogP contribution in [0.5, 0.6) is 0 Å². The quantitative estimate of drug-likeness (QED) is 0.556. The molecule has 0 aromatic rings. The molecule has 3 atom stereocenters. The summed E-state index contributed by atoms with van der Waals surface area (Å²) >= 11 is 0. The smallest absolute Gasteiger partial charge is 0.332 e. The van der Waals surface area contributed by atoms with Crippen LogP contribution >= 0.6 is 0 Å². The zero-order valence-electron chi connectivity index (χ0n) is 15.6. The van der Waals surface area contributed by atoms with Gasteiger partial charge in [-0.1, -0.05) is 18.9 Å². The van der Waals surface area contributed by atoms with Crippen LogP contribution in [-0.4, -0.2) is 44.3 Å². The average molecular weight is 394 g/mol. The fraction of sp³-hybridized carbons (Fsp3) is 0.600. The second-order valence-electron chi connectivity index (χ2n) is 7.43. The summed E-state index contributed by atoms with van der Waals surface area (Å²) in [7, 11) is 0. The van der Waals surface area contributed by atoms with Gasteiger partial charge in [-0.2, -0.15) is 0 Å². The van der Waals surface area contributed by atoms with Crippen molar-refractivity contribution in [2.75, 3.05) is 0 Å². The van der Waals surface area contributed by atoms with Crippen LogP contribution in [0.2, 0.25) is 0 Å². The second-order valence-corrected chi connectivity index (χ2v) is 7.43. The molecule has 0 amide bonds. The van der Waals surface area contributed by atoms with Crippen molar-refractivity contribution in [3.05, 3.63) is 22.8 Å². The molecule has 3 unspecified atom stereocenters. The van der Waals surface area contributed by atoms with Crippen LogP contribution in [0.1, 0.15) is 57.8 Å². The minimum absolute atomic E-state index is 0.0396. The number of carbonyl (C=O) groups is 4. The highest BCUT2D eigenvalue weighted by molar-refractivity contribution is 5.96. The lowest BCUT2D eigenvalue weighted by atomic mass is 9.73. The lowest BCUT2D eigenvalue weighted by Crippen LogP contribution is -2.37. The van der Waals surface area contributed by atoms with Gasteiger partial charge in [-0.05, 0) is 56.1 Å². The summed E-state index contributed by atoms with van der Waals surface area (Å²) < 4.78 is 0. The van der Waals surface area contributed by atoms with Crippen LogP contribution in [0.25, 0.3) is 0 Å². The Bertz CT molecular complexity index is 718. The Morgan fingerprint density at radius 2 is 1.43 bits per heavy atom. The first kappa shape index (κ1) is 21.7. The third-order valence-electron chi connectivity index (χ3n) is 5.70. The highest BCUT2D eigenvalue weighted by Gasteiger charge is 2.42. The van der Waals surface area contributed by atoms with Gasteiger partial charge in [0.05, 0.1) is 23.3 Å². The van der Waals surface area contributed by atoms with Crippen molar-refractivity contribution in [2.24, 2.45) is 17.8 Å². The summed E-state index contributed by atoms with van der Waals surface area (Å²) in [6, 6.07) is 0. The number of allylic oxidation sites excluding steroid dienone is 3. The first-order valence-corrected chi connectivity index (χ1v) is 9.58. The van der Waals surface area contributed by atoms with Gasteiger partial charge in [0.1, 0.15) is 0 Å². The van der Waals surface area contributed by atoms with Crippen molar-refractivity contribution in [1.29, 1.82) is 0 Å². The molecule has 0 heterocycles. The Morgan fingerprint density at radius 1 is 0.786 bits per heavy atom. The zero-order chi connectivity index (χ0) is 20.8. The topological polar surface area (TPSA) is 149 Å². The second kappa shape index (κ2) is 9.52. The summed E-state index contributed by atoms with van der Waals surface area (Å²) in [5.74, 6) is -9.85. The lowest BCUT2D eigenvalue weighted by molar-refractivity contribution is -0.156. The standard InChI is InChI=1S/C20H26O8/c21-17(22)13-9-8-12(11-6-4-2-1-3-5-7-11)16(20(27)28)15(19(25)26)10-14(13)18(23)24/h6,13-15H,1-5,7-10H2,(H,21,22)(H,23,24)(H,25,26)(H,27,28). The molecule has 2 rings (SSSR count). The van der Waals surface area contributed by atoms with Crippen molar-refractivity contribution in [3.8, 4) is 0 Å². The first-order chi connectivity index (χ1) is 13.2. The van der Waals surface area contributed by atoms with Crippen molar-refractivity contribution >= 4 is 23.9 Å². The molecule has 0 aliphatic heterocycles. The van der Waals surface area contributed by atoms with E-state index in [0.29, 0.717) is 12.0 Å². The predicted molar refractivity (Wildman–Crippen MR) is 97.7 cm³/mol. The molecule has 2 aliphatic rings. The van der Waals surface area contributed by atoms with Crippen molar-refractivity contribution in [2.45, 2.75) is 57.8 Å². The molecule has 0 spiro atoms. The highest BCUT2D eigenvalue weighted by Crippen LogP contribution is 2.39. The molecule has 0 saturated carbocycles. The molecule has 28 heavy (non-hydrogen) atoms. The van der Waals surface area contributed by atoms with E-state index in [1.165, 1.54) is 0 Å². The van der Waals surface area contributed by atoms with Gasteiger partial charge in [-0.15, -0.1) is 0 Å². The SMILES string of the molecule is O=C(O)C1=C(C2=CCCCCCC2)CCC(C(=O)O)C(C(=O)O)CC1C(=O)O. The third kappa shape index (κ3) is 4.99. The first-order valence-electron chi connectivity index (χ1n) is 9.58. The van der Waals surface area contributed by atoms with Crippen molar-refractivity contribution in [3.63, 3.8) is 0 Å². The van der Waals surface area contributed by atoms with Gasteiger partial charge >= 0.3 is 23.9 Å². The maximum absolute atomic E-state index is 12.0. The molecule has 4 N–H and O–H groups in total. The van der Waals surface area contributed by atoms with E-state index in [9.17, 15) is 39.6 Å². The largest absolute Gasteiger partial charge is 0.481 e. The van der Waals surface area contributed by atoms with E-state index in [4.69, 9.17) is 0 Å². The van der Waals surface area contributed by atoms with E-state index in [2.05, 4.69) is 0 Å². The molecule has 8 nitrogen and oxygen atoms in total. The Balaban J connectivity index is 2.61. The van der Waals surface area contributed by atoms with Gasteiger partial charge in [-0.3, -0.25) is 14.4 Å². The number of rotatable bonds is 5. The van der Waals surface area contributed by atoms with Gasteiger partial charge in [0.25, 0.3) is 0 Å². The average Bonchev–Trinajstić information content (AvgIpc) is 2.54. The number of carboxylic acids is 4. The number of hydrogen-bond donors (Lipinski definition) is 4. The molecule has 0 aromatic heterocycles. The van der Waals surface area contributed by atoms with Crippen LogP contribution in [0.4, 0.5) is 0 Å². The molecule has 0 bridgehead atoms. The van der Waals surface area contributed by atoms with E-state index < -0.39 is 48.1 Å². The normalized spacial score (nSPS) is 26.9. The molecule has 0 saturated heterocycles. The van der Waals surface area contributed by atoms with E-state index in [1.54, 1.807) is 0 Å². The Labute approximate surface area is 162 Å². The number of carboxylic acid groups (broad SMARTS) is 4. The predicted octanol–water partition coefficient (Wildman–Crippen LogP) is 2.93. The molecule has 0 fully saturated rings. The Morgan fingerprint density at radius 3 is 2.00 bits per heavy atom. The van der Waals surface area contributed by atoms with Crippen molar-refractivity contribution < 1.29 is 39.6 Å². The van der Waals surface area contributed by atoms with Gasteiger partial charge in [0, 0.05) is 0 Å². The van der Waals surface area contributed by atoms with Crippen LogP contribution in [-0.2, 0) is 19.2 Å². The van der Waals surface area contributed by atoms with E-state index in [0.717, 1.165) is 37.7 Å². The van der Waals surface area contributed by atoms with E-state index >= 15 is 0 Å². The van der Waals surface area contributed by atoms with Gasteiger partial charge < -0.3 is 20.4 Å². The minimum Gasteiger partial charge on any atom is -0.481 e. The monoisotopic (exact) mass is 394 g/mol. The van der Waals surface area contributed by atoms with Crippen LogP contribution < -0.4 is 0 Å². The van der Waals surface area contributed by atoms with E-state index in [1.807, 2.05) is 6.08 Å². The summed E-state index contributed by atoms with van der Waals surface area (Å²) in [5.41, 5.74) is 0.840. The van der Waals surface area contributed by atoms with E-state index in [-0.39, 0.29) is 18.4 Å². The minimum atomic E-state index is -1.57.